The lowest BCUT2D eigenvalue weighted by atomic mass is 10.1. The molecule has 0 spiro atoms. The first kappa shape index (κ1) is 25.9. The van der Waals surface area contributed by atoms with Crippen molar-refractivity contribution in [2.24, 2.45) is 0 Å². The van der Waals surface area contributed by atoms with E-state index in [1.165, 1.54) is 29.4 Å². The second-order valence-electron chi connectivity index (χ2n) is 9.02. The Labute approximate surface area is 223 Å². The van der Waals surface area contributed by atoms with Gasteiger partial charge in [-0.2, -0.15) is 9.78 Å². The molecule has 200 valence electrons. The molecule has 1 unspecified atom stereocenters. The molecule has 0 saturated heterocycles. The molecule has 2 N–H and O–H groups in total. The molecular weight excluding hydrogens is 505 g/mol. The number of fused-ring (bicyclic) bond motifs is 1. The average Bonchev–Trinajstić information content (AvgIpc) is 3.38. The lowest BCUT2D eigenvalue weighted by Crippen LogP contribution is -2.50. The highest BCUT2D eigenvalue weighted by atomic mass is 19.1. The molecule has 0 radical (unpaired) electrons. The fourth-order valence-corrected chi connectivity index (χ4v) is 4.17. The number of amides is 2. The van der Waals surface area contributed by atoms with Crippen molar-refractivity contribution in [1.82, 2.24) is 20.1 Å². The quantitative estimate of drug-likeness (QED) is 0.376. The van der Waals surface area contributed by atoms with Gasteiger partial charge in [-0.15, -0.1) is 0 Å². The standard InChI is InChI=1S/C28H26FN5O5/c1-33-24-13-21(38-17-25(35)22-7-2-3-10-30-22)8-9-26(24)39-16-23(27(33)36)32-28(37)34-15-19(14-31-34)11-18-5-4-6-20(29)12-18/h2-10,12-15,23,25,35H,11,16-17H2,1H3,(H,32,37)/t23-,25?/m0/s1. The van der Waals surface area contributed by atoms with Crippen LogP contribution in [0.4, 0.5) is 14.9 Å². The van der Waals surface area contributed by atoms with Gasteiger partial charge in [0.15, 0.2) is 0 Å². The molecule has 2 aromatic carbocycles. The summed E-state index contributed by atoms with van der Waals surface area (Å²) in [6, 6.07) is 14.8. The van der Waals surface area contributed by atoms with Crippen LogP contribution in [0.5, 0.6) is 11.5 Å². The predicted octanol–water partition coefficient (Wildman–Crippen LogP) is 3.10. The number of benzene rings is 2. The van der Waals surface area contributed by atoms with Crippen LogP contribution in [0.2, 0.25) is 0 Å². The highest BCUT2D eigenvalue weighted by Gasteiger charge is 2.31. The Morgan fingerprint density at radius 2 is 2.08 bits per heavy atom. The van der Waals surface area contributed by atoms with Gasteiger partial charge in [-0.25, -0.2) is 9.18 Å². The molecule has 0 aliphatic carbocycles. The van der Waals surface area contributed by atoms with Gasteiger partial charge in [-0.05, 0) is 47.5 Å². The third kappa shape index (κ3) is 6.04. The zero-order valence-corrected chi connectivity index (χ0v) is 21.0. The van der Waals surface area contributed by atoms with Crippen molar-refractivity contribution in [3.63, 3.8) is 0 Å². The van der Waals surface area contributed by atoms with E-state index in [0.717, 1.165) is 10.2 Å². The minimum atomic E-state index is -0.971. The number of ether oxygens (including phenoxy) is 2. The second kappa shape index (κ2) is 11.3. The molecule has 0 fully saturated rings. The zero-order valence-electron chi connectivity index (χ0n) is 21.0. The van der Waals surface area contributed by atoms with Gasteiger partial charge in [0, 0.05) is 31.9 Å². The van der Waals surface area contributed by atoms with E-state index in [2.05, 4.69) is 15.4 Å². The van der Waals surface area contributed by atoms with Crippen LogP contribution in [0.25, 0.3) is 0 Å². The molecule has 4 aromatic rings. The predicted molar refractivity (Wildman–Crippen MR) is 139 cm³/mol. The molecule has 3 heterocycles. The van der Waals surface area contributed by atoms with Gasteiger partial charge in [0.2, 0.25) is 0 Å². The number of nitrogens with one attached hydrogen (secondary N) is 1. The molecule has 2 aromatic heterocycles. The molecule has 39 heavy (non-hydrogen) atoms. The number of aromatic nitrogens is 3. The van der Waals surface area contributed by atoms with Gasteiger partial charge in [0.1, 0.15) is 42.7 Å². The monoisotopic (exact) mass is 531 g/mol. The minimum Gasteiger partial charge on any atom is -0.490 e. The third-order valence-electron chi connectivity index (χ3n) is 6.20. The summed E-state index contributed by atoms with van der Waals surface area (Å²) in [5.74, 6) is 0.142. The zero-order chi connectivity index (χ0) is 27.4. The van der Waals surface area contributed by atoms with Crippen LogP contribution in [-0.4, -0.2) is 58.1 Å². The number of hydrogen-bond acceptors (Lipinski definition) is 7. The number of rotatable bonds is 7. The number of aliphatic hydroxyl groups is 1. The van der Waals surface area contributed by atoms with Crippen LogP contribution in [-0.2, 0) is 11.2 Å². The van der Waals surface area contributed by atoms with Crippen LogP contribution in [0.1, 0.15) is 22.9 Å². The van der Waals surface area contributed by atoms with E-state index in [1.54, 1.807) is 61.8 Å². The van der Waals surface area contributed by atoms with E-state index in [-0.39, 0.29) is 24.9 Å². The van der Waals surface area contributed by atoms with E-state index >= 15 is 0 Å². The van der Waals surface area contributed by atoms with Crippen molar-refractivity contribution >= 4 is 17.6 Å². The Morgan fingerprint density at radius 3 is 2.87 bits per heavy atom. The summed E-state index contributed by atoms with van der Waals surface area (Å²) in [6.07, 6.45) is 4.12. The first-order chi connectivity index (χ1) is 18.9. The summed E-state index contributed by atoms with van der Waals surface area (Å²) >= 11 is 0. The average molecular weight is 532 g/mol. The van der Waals surface area contributed by atoms with E-state index in [9.17, 15) is 19.1 Å². The van der Waals surface area contributed by atoms with Crippen LogP contribution in [0.3, 0.4) is 0 Å². The highest BCUT2D eigenvalue weighted by Crippen LogP contribution is 2.34. The molecule has 0 bridgehead atoms. The van der Waals surface area contributed by atoms with Crippen molar-refractivity contribution < 1.29 is 28.6 Å². The lowest BCUT2D eigenvalue weighted by molar-refractivity contribution is -0.120. The van der Waals surface area contributed by atoms with Gasteiger partial charge < -0.3 is 24.8 Å². The molecule has 11 heteroatoms. The molecule has 10 nitrogen and oxygen atoms in total. The summed E-state index contributed by atoms with van der Waals surface area (Å²) in [5.41, 5.74) is 2.40. The largest absolute Gasteiger partial charge is 0.490 e. The van der Waals surface area contributed by atoms with Crippen LogP contribution in [0.15, 0.2) is 79.3 Å². The van der Waals surface area contributed by atoms with Crippen molar-refractivity contribution in [1.29, 1.82) is 0 Å². The molecule has 0 saturated carbocycles. The Morgan fingerprint density at radius 1 is 1.21 bits per heavy atom. The maximum atomic E-state index is 13.5. The lowest BCUT2D eigenvalue weighted by Gasteiger charge is -2.21. The smallest absolute Gasteiger partial charge is 0.342 e. The molecular formula is C28H26FN5O5. The fourth-order valence-electron chi connectivity index (χ4n) is 4.17. The summed E-state index contributed by atoms with van der Waals surface area (Å²) in [5, 5.41) is 17.1. The summed E-state index contributed by atoms with van der Waals surface area (Å²) in [4.78, 5) is 31.5. The first-order valence-corrected chi connectivity index (χ1v) is 12.2. The third-order valence-corrected chi connectivity index (χ3v) is 6.20. The van der Waals surface area contributed by atoms with Gasteiger partial charge in [0.25, 0.3) is 5.91 Å². The Balaban J connectivity index is 1.22. The van der Waals surface area contributed by atoms with Gasteiger partial charge in [0.05, 0.1) is 17.6 Å². The molecule has 5 rings (SSSR count). The normalized spacial score (nSPS) is 15.6. The Bertz CT molecular complexity index is 1480. The number of hydrogen-bond donors (Lipinski definition) is 2. The van der Waals surface area contributed by atoms with Crippen LogP contribution < -0.4 is 19.7 Å². The minimum absolute atomic E-state index is 0.0297. The van der Waals surface area contributed by atoms with E-state index in [0.29, 0.717) is 34.9 Å². The van der Waals surface area contributed by atoms with Gasteiger partial charge in [-0.3, -0.25) is 9.78 Å². The summed E-state index contributed by atoms with van der Waals surface area (Å²) in [7, 11) is 1.58. The number of carbonyl (C=O) groups is 2. The molecule has 1 aliphatic heterocycles. The Kier molecular flexibility index (Phi) is 7.50. The number of likely N-dealkylation sites (N-methyl/N-ethyl adjacent to an activating group) is 1. The Hall–Kier alpha value is -4.77. The maximum absolute atomic E-state index is 13.5. The van der Waals surface area contributed by atoms with Crippen LogP contribution >= 0.6 is 0 Å². The fraction of sp³-hybridized carbons (Fsp3) is 0.214. The molecule has 1 aliphatic rings. The van der Waals surface area contributed by atoms with Gasteiger partial charge in [-0.1, -0.05) is 18.2 Å². The highest BCUT2D eigenvalue weighted by molar-refractivity contribution is 6.00. The summed E-state index contributed by atoms with van der Waals surface area (Å²) in [6.45, 7) is -0.115. The van der Waals surface area contributed by atoms with Crippen molar-refractivity contribution in [2.45, 2.75) is 18.6 Å². The second-order valence-corrected chi connectivity index (χ2v) is 9.02. The summed E-state index contributed by atoms with van der Waals surface area (Å²) < 4.78 is 26.1. The molecule has 2 atom stereocenters. The maximum Gasteiger partial charge on any atom is 0.342 e. The number of aliphatic hydroxyl groups excluding tert-OH is 1. The van der Waals surface area contributed by atoms with Crippen LogP contribution in [0, 0.1) is 5.82 Å². The van der Waals surface area contributed by atoms with Crippen molar-refractivity contribution in [3.8, 4) is 11.5 Å². The van der Waals surface area contributed by atoms with E-state index < -0.39 is 18.2 Å². The molecule has 2 amide bonds. The number of anilines is 1. The van der Waals surface area contributed by atoms with Crippen molar-refractivity contribution in [3.05, 3.63) is 102 Å². The number of nitrogens with zero attached hydrogens (tertiary/aromatic N) is 4. The van der Waals surface area contributed by atoms with E-state index in [1.807, 2.05) is 0 Å². The topological polar surface area (TPSA) is 119 Å². The van der Waals surface area contributed by atoms with Crippen molar-refractivity contribution in [2.75, 3.05) is 25.2 Å². The SMILES string of the molecule is CN1C(=O)[C@@H](NC(=O)n2cc(Cc3cccc(F)c3)cn2)COc2ccc(OCC(O)c3ccccn3)cc21. The number of halogens is 1. The first-order valence-electron chi connectivity index (χ1n) is 12.2. The number of pyridine rings is 1. The number of carbonyl (C=O) groups excluding carboxylic acids is 2. The van der Waals surface area contributed by atoms with E-state index in [4.69, 9.17) is 9.47 Å². The van der Waals surface area contributed by atoms with Gasteiger partial charge >= 0.3 is 6.03 Å².